The van der Waals surface area contributed by atoms with Crippen molar-refractivity contribution in [2.45, 2.75) is 25.9 Å². The lowest BCUT2D eigenvalue weighted by atomic mass is 10.0. The number of Topliss-reactive ketones (excluding diaryl/α,β-unsaturated/α-hetero) is 1. The normalized spacial score (nSPS) is 16.7. The van der Waals surface area contributed by atoms with Crippen LogP contribution in [0.25, 0.3) is 0 Å². The molecule has 0 saturated carbocycles. The summed E-state index contributed by atoms with van der Waals surface area (Å²) in [6.45, 7) is 2.84. The monoisotopic (exact) mass is 526 g/mol. The molecule has 1 atom stereocenters. The Bertz CT molecular complexity index is 1410. The highest BCUT2D eigenvalue weighted by molar-refractivity contribution is 6.12. The molecular formula is C30H30N4O5. The quantitative estimate of drug-likeness (QED) is 0.543. The van der Waals surface area contributed by atoms with Crippen LogP contribution in [-0.4, -0.2) is 75.8 Å². The van der Waals surface area contributed by atoms with E-state index in [1.807, 2.05) is 43.3 Å². The third-order valence-electron chi connectivity index (χ3n) is 7.27. The lowest BCUT2D eigenvalue weighted by Gasteiger charge is -2.42. The second-order valence-electron chi connectivity index (χ2n) is 9.64. The van der Waals surface area contributed by atoms with Gasteiger partial charge < -0.3 is 19.8 Å². The van der Waals surface area contributed by atoms with Crippen molar-refractivity contribution in [1.29, 1.82) is 0 Å². The highest BCUT2D eigenvalue weighted by Crippen LogP contribution is 2.37. The Labute approximate surface area is 226 Å². The molecule has 0 spiro atoms. The van der Waals surface area contributed by atoms with E-state index >= 15 is 0 Å². The molecule has 9 nitrogen and oxygen atoms in total. The van der Waals surface area contributed by atoms with E-state index in [4.69, 9.17) is 0 Å². The van der Waals surface area contributed by atoms with Gasteiger partial charge in [-0.05, 0) is 36.2 Å². The lowest BCUT2D eigenvalue weighted by Crippen LogP contribution is -2.62. The van der Waals surface area contributed by atoms with Gasteiger partial charge in [0, 0.05) is 38.2 Å². The van der Waals surface area contributed by atoms with E-state index in [1.165, 1.54) is 14.7 Å². The number of carboxylic acids is 1. The number of urea groups is 2. The second kappa shape index (κ2) is 11.0. The molecule has 200 valence electrons. The first-order valence-corrected chi connectivity index (χ1v) is 13.0. The first-order chi connectivity index (χ1) is 18.9. The third kappa shape index (κ3) is 5.07. The van der Waals surface area contributed by atoms with Crippen LogP contribution in [0.3, 0.4) is 0 Å². The van der Waals surface area contributed by atoms with Crippen LogP contribution in [0.15, 0.2) is 78.9 Å². The fourth-order valence-electron chi connectivity index (χ4n) is 5.23. The van der Waals surface area contributed by atoms with E-state index in [2.05, 4.69) is 0 Å². The number of carbonyl (C=O) groups is 4. The summed E-state index contributed by atoms with van der Waals surface area (Å²) in [5.41, 5.74) is 3.03. The van der Waals surface area contributed by atoms with Crippen LogP contribution in [0.5, 0.6) is 0 Å². The fourth-order valence-corrected chi connectivity index (χ4v) is 5.23. The van der Waals surface area contributed by atoms with Crippen molar-refractivity contribution in [3.05, 3.63) is 95.6 Å². The predicted octanol–water partition coefficient (Wildman–Crippen LogP) is 4.40. The Morgan fingerprint density at radius 1 is 0.897 bits per heavy atom. The summed E-state index contributed by atoms with van der Waals surface area (Å²) >= 11 is 0. The van der Waals surface area contributed by atoms with Crippen molar-refractivity contribution in [2.24, 2.45) is 0 Å². The third-order valence-corrected chi connectivity index (χ3v) is 7.27. The van der Waals surface area contributed by atoms with Gasteiger partial charge in [0.2, 0.25) is 0 Å². The summed E-state index contributed by atoms with van der Waals surface area (Å²) in [6, 6.07) is 21.6. The molecule has 2 aliphatic rings. The minimum Gasteiger partial charge on any atom is -0.480 e. The van der Waals surface area contributed by atoms with Gasteiger partial charge in [-0.25, -0.2) is 14.4 Å². The molecule has 4 amide bonds. The Kier molecular flexibility index (Phi) is 7.31. The van der Waals surface area contributed by atoms with Crippen LogP contribution < -0.4 is 4.90 Å². The zero-order chi connectivity index (χ0) is 27.5. The number of hydrogen-bond donors (Lipinski definition) is 1. The highest BCUT2D eigenvalue weighted by Gasteiger charge is 2.41. The van der Waals surface area contributed by atoms with E-state index in [0.717, 1.165) is 5.56 Å². The van der Waals surface area contributed by atoms with E-state index in [0.29, 0.717) is 35.6 Å². The summed E-state index contributed by atoms with van der Waals surface area (Å²) in [5.74, 6) is -1.31. The van der Waals surface area contributed by atoms with Crippen LogP contribution in [0.1, 0.15) is 28.4 Å². The van der Waals surface area contributed by atoms with Gasteiger partial charge in [-0.3, -0.25) is 9.69 Å². The standard InChI is InChI=1S/C30H30N4O5/c1-2-31(19-21-10-4-3-5-11-21)29(38)32-16-17-33(26(20-32)28(36)37)30(39)34-24-14-8-6-12-22(24)18-27(35)23-13-7-9-15-25(23)34/h3-15,26H,2,16-20H2,1H3,(H,36,37)/t26-/m0/s1. The summed E-state index contributed by atoms with van der Waals surface area (Å²) in [4.78, 5) is 58.9. The van der Waals surface area contributed by atoms with E-state index in [-0.39, 0.29) is 37.9 Å². The summed E-state index contributed by atoms with van der Waals surface area (Å²) in [5, 5.41) is 10.2. The Balaban J connectivity index is 1.42. The van der Waals surface area contributed by atoms with E-state index < -0.39 is 18.0 Å². The molecule has 1 fully saturated rings. The van der Waals surface area contributed by atoms with Crippen molar-refractivity contribution < 1.29 is 24.3 Å². The second-order valence-corrected chi connectivity index (χ2v) is 9.64. The van der Waals surface area contributed by atoms with Gasteiger partial charge in [-0.1, -0.05) is 60.7 Å². The number of rotatable bonds is 4. The van der Waals surface area contributed by atoms with Crippen molar-refractivity contribution in [2.75, 3.05) is 31.1 Å². The van der Waals surface area contributed by atoms with Gasteiger partial charge >= 0.3 is 18.0 Å². The van der Waals surface area contributed by atoms with Crippen molar-refractivity contribution in [1.82, 2.24) is 14.7 Å². The molecule has 0 bridgehead atoms. The maximum Gasteiger partial charge on any atom is 0.330 e. The smallest absolute Gasteiger partial charge is 0.330 e. The maximum absolute atomic E-state index is 14.1. The van der Waals surface area contributed by atoms with Crippen molar-refractivity contribution in [3.63, 3.8) is 0 Å². The van der Waals surface area contributed by atoms with Gasteiger partial charge in [-0.2, -0.15) is 0 Å². The lowest BCUT2D eigenvalue weighted by molar-refractivity contribution is -0.143. The van der Waals surface area contributed by atoms with E-state index in [9.17, 15) is 24.3 Å². The molecule has 2 heterocycles. The Morgan fingerprint density at radius 2 is 1.56 bits per heavy atom. The summed E-state index contributed by atoms with van der Waals surface area (Å²) in [7, 11) is 0. The minimum atomic E-state index is -1.25. The molecule has 0 unspecified atom stereocenters. The number of carboxylic acid groups (broad SMARTS) is 1. The van der Waals surface area contributed by atoms with Crippen LogP contribution in [0.4, 0.5) is 21.0 Å². The molecule has 0 radical (unpaired) electrons. The Hall–Kier alpha value is -4.66. The number of benzene rings is 3. The number of carbonyl (C=O) groups excluding carboxylic acids is 3. The van der Waals surface area contributed by atoms with Gasteiger partial charge in [0.1, 0.15) is 6.04 Å². The molecule has 1 N–H and O–H groups in total. The number of nitrogens with zero attached hydrogens (tertiary/aromatic N) is 4. The molecule has 39 heavy (non-hydrogen) atoms. The molecule has 3 aromatic carbocycles. The number of anilines is 2. The minimum absolute atomic E-state index is 0.0409. The number of amides is 4. The number of aliphatic carboxylic acids is 1. The molecule has 9 heteroatoms. The molecule has 0 aliphatic carbocycles. The summed E-state index contributed by atoms with van der Waals surface area (Å²) in [6.07, 6.45) is 0.135. The summed E-state index contributed by atoms with van der Waals surface area (Å²) < 4.78 is 0. The number of fused-ring (bicyclic) bond motifs is 2. The zero-order valence-corrected chi connectivity index (χ0v) is 21.7. The van der Waals surface area contributed by atoms with Crippen LogP contribution in [0.2, 0.25) is 0 Å². The average Bonchev–Trinajstić information content (AvgIpc) is 3.09. The number of hydrogen-bond acceptors (Lipinski definition) is 4. The van der Waals surface area contributed by atoms with E-state index in [1.54, 1.807) is 47.4 Å². The molecular weight excluding hydrogens is 496 g/mol. The highest BCUT2D eigenvalue weighted by atomic mass is 16.4. The molecule has 1 saturated heterocycles. The van der Waals surface area contributed by atoms with Gasteiger partial charge in [0.15, 0.2) is 5.78 Å². The SMILES string of the molecule is CCN(Cc1ccccc1)C(=O)N1CCN(C(=O)N2c3ccccc3CC(=O)c3ccccc32)[C@H](C(=O)O)C1. The maximum atomic E-state index is 14.1. The largest absolute Gasteiger partial charge is 0.480 e. The van der Waals surface area contributed by atoms with Crippen LogP contribution in [-0.2, 0) is 17.8 Å². The number of para-hydroxylation sites is 2. The molecule has 3 aromatic rings. The molecule has 2 aliphatic heterocycles. The first-order valence-electron chi connectivity index (χ1n) is 13.0. The van der Waals surface area contributed by atoms with Gasteiger partial charge in [0.25, 0.3) is 0 Å². The molecule has 0 aromatic heterocycles. The molecule has 5 rings (SSSR count). The Morgan fingerprint density at radius 3 is 2.28 bits per heavy atom. The zero-order valence-electron chi connectivity index (χ0n) is 21.7. The number of ketones is 1. The average molecular weight is 527 g/mol. The van der Waals surface area contributed by atoms with Crippen LogP contribution in [0, 0.1) is 0 Å². The van der Waals surface area contributed by atoms with Gasteiger partial charge in [0.05, 0.1) is 17.9 Å². The van der Waals surface area contributed by atoms with Crippen molar-refractivity contribution >= 4 is 35.2 Å². The van der Waals surface area contributed by atoms with Crippen LogP contribution >= 0.6 is 0 Å². The number of piperazine rings is 1. The van der Waals surface area contributed by atoms with Crippen molar-refractivity contribution in [3.8, 4) is 0 Å². The first kappa shape index (κ1) is 26.0. The van der Waals surface area contributed by atoms with Gasteiger partial charge in [-0.15, -0.1) is 0 Å². The topological polar surface area (TPSA) is 101 Å². The fraction of sp³-hybridized carbons (Fsp3) is 0.267. The predicted molar refractivity (Wildman–Crippen MR) is 146 cm³/mol.